The first-order valence-electron chi connectivity index (χ1n) is 4.75. The van der Waals surface area contributed by atoms with Crippen LogP contribution in [0.15, 0.2) is 18.2 Å². The molecule has 3 heteroatoms. The van der Waals surface area contributed by atoms with Gasteiger partial charge in [0.05, 0.1) is 6.61 Å². The molecule has 0 spiro atoms. The van der Waals surface area contributed by atoms with Crippen molar-refractivity contribution in [3.63, 3.8) is 0 Å². The molecule has 0 aliphatic carbocycles. The monoisotopic (exact) mass is 324 g/mol. The third-order valence-electron chi connectivity index (χ3n) is 1.92. The molecule has 0 saturated carbocycles. The van der Waals surface area contributed by atoms with E-state index < -0.39 is 0 Å². The minimum atomic E-state index is 0.719. The first-order valence-corrected chi connectivity index (χ1v) is 6.36. The number of aryl methyl sites for hydroxylation is 1. The van der Waals surface area contributed by atoms with Crippen LogP contribution in [0.5, 0.6) is 5.75 Å². The van der Waals surface area contributed by atoms with Gasteiger partial charge in [-0.2, -0.15) is 0 Å². The Kier molecular flexibility index (Phi) is 5.63. The van der Waals surface area contributed by atoms with Crippen LogP contribution in [0.2, 0.25) is 0 Å². The van der Waals surface area contributed by atoms with E-state index in [0.717, 1.165) is 31.1 Å². The van der Waals surface area contributed by atoms with Gasteiger partial charge in [-0.25, -0.2) is 0 Å². The Bertz CT molecular complexity index is 289. The molecule has 0 aromatic heterocycles. The van der Waals surface area contributed by atoms with Crippen LogP contribution in [-0.2, 0) is 6.42 Å². The molecular formula is C11H14ClIO. The molecule has 0 aliphatic rings. The van der Waals surface area contributed by atoms with Crippen molar-refractivity contribution in [1.82, 2.24) is 0 Å². The molecule has 0 bridgehead atoms. The van der Waals surface area contributed by atoms with E-state index in [2.05, 4.69) is 34.7 Å². The topological polar surface area (TPSA) is 9.23 Å². The summed E-state index contributed by atoms with van der Waals surface area (Å²) < 4.78 is 6.68. The molecule has 1 rings (SSSR count). The van der Waals surface area contributed by atoms with Gasteiger partial charge in [-0.3, -0.25) is 0 Å². The normalized spacial score (nSPS) is 10.2. The maximum Gasteiger partial charge on any atom is 0.120 e. The van der Waals surface area contributed by atoms with Gasteiger partial charge in [-0.1, -0.05) is 6.07 Å². The minimum absolute atomic E-state index is 0.719. The summed E-state index contributed by atoms with van der Waals surface area (Å²) in [5.74, 6) is 1.68. The molecule has 0 unspecified atom stereocenters. The fourth-order valence-corrected chi connectivity index (χ4v) is 2.13. The maximum absolute atomic E-state index is 5.66. The van der Waals surface area contributed by atoms with Crippen LogP contribution >= 0.6 is 34.2 Å². The third kappa shape index (κ3) is 3.65. The number of halogens is 2. The van der Waals surface area contributed by atoms with Crippen LogP contribution in [0.4, 0.5) is 0 Å². The molecule has 0 fully saturated rings. The highest BCUT2D eigenvalue weighted by Gasteiger charge is 2.01. The summed E-state index contributed by atoms with van der Waals surface area (Å²) in [4.78, 5) is 0. The smallest absolute Gasteiger partial charge is 0.120 e. The average Bonchev–Trinajstić information content (AvgIpc) is 2.17. The van der Waals surface area contributed by atoms with Crippen LogP contribution < -0.4 is 4.74 Å². The van der Waals surface area contributed by atoms with Gasteiger partial charge in [0.15, 0.2) is 0 Å². The van der Waals surface area contributed by atoms with Crippen molar-refractivity contribution in [2.75, 3.05) is 12.5 Å². The van der Waals surface area contributed by atoms with Crippen molar-refractivity contribution >= 4 is 34.2 Å². The Morgan fingerprint density at radius 2 is 2.21 bits per heavy atom. The van der Waals surface area contributed by atoms with Crippen LogP contribution in [0.25, 0.3) is 0 Å². The molecule has 1 aromatic carbocycles. The van der Waals surface area contributed by atoms with Gasteiger partial charge >= 0.3 is 0 Å². The molecule has 0 N–H and O–H groups in total. The molecule has 0 aliphatic heterocycles. The summed E-state index contributed by atoms with van der Waals surface area (Å²) in [7, 11) is 0. The highest BCUT2D eigenvalue weighted by molar-refractivity contribution is 14.1. The summed E-state index contributed by atoms with van der Waals surface area (Å²) in [5, 5.41) is 0. The molecule has 78 valence electrons. The SMILES string of the molecule is CCOc1ccc(CCCCl)c(I)c1. The molecule has 0 saturated heterocycles. The van der Waals surface area contributed by atoms with Crippen molar-refractivity contribution in [3.8, 4) is 5.75 Å². The third-order valence-corrected chi connectivity index (χ3v) is 3.19. The zero-order valence-electron chi connectivity index (χ0n) is 8.22. The van der Waals surface area contributed by atoms with Crippen molar-refractivity contribution < 1.29 is 4.74 Å². The summed E-state index contributed by atoms with van der Waals surface area (Å²) in [5.41, 5.74) is 1.36. The second-order valence-corrected chi connectivity index (χ2v) is 4.52. The van der Waals surface area contributed by atoms with Crippen LogP contribution in [-0.4, -0.2) is 12.5 Å². The lowest BCUT2D eigenvalue weighted by molar-refractivity contribution is 0.340. The van der Waals surface area contributed by atoms with Gasteiger partial charge in [0.2, 0.25) is 0 Å². The molecule has 0 radical (unpaired) electrons. The largest absolute Gasteiger partial charge is 0.494 e. The van der Waals surface area contributed by atoms with E-state index in [1.54, 1.807) is 0 Å². The van der Waals surface area contributed by atoms with Crippen molar-refractivity contribution in [1.29, 1.82) is 0 Å². The van der Waals surface area contributed by atoms with Gasteiger partial charge in [-0.05, 0) is 60.1 Å². The van der Waals surface area contributed by atoms with E-state index in [1.165, 1.54) is 9.13 Å². The lowest BCUT2D eigenvalue weighted by atomic mass is 10.1. The van der Waals surface area contributed by atoms with Gasteiger partial charge in [0.1, 0.15) is 5.75 Å². The Morgan fingerprint density at radius 1 is 1.43 bits per heavy atom. The summed E-state index contributed by atoms with van der Waals surface area (Å²) >= 11 is 8.00. The quantitative estimate of drug-likeness (QED) is 0.590. The lowest BCUT2D eigenvalue weighted by Gasteiger charge is -2.07. The van der Waals surface area contributed by atoms with E-state index in [1.807, 2.05) is 13.0 Å². The van der Waals surface area contributed by atoms with E-state index in [-0.39, 0.29) is 0 Å². The predicted molar refractivity (Wildman–Crippen MR) is 69.4 cm³/mol. The number of hydrogen-bond donors (Lipinski definition) is 0. The minimum Gasteiger partial charge on any atom is -0.494 e. The second-order valence-electron chi connectivity index (χ2n) is 2.98. The van der Waals surface area contributed by atoms with Crippen LogP contribution in [0.1, 0.15) is 18.9 Å². The summed E-state index contributed by atoms with van der Waals surface area (Å²) in [6.07, 6.45) is 2.08. The molecular weight excluding hydrogens is 310 g/mol. The first-order chi connectivity index (χ1) is 6.77. The fourth-order valence-electron chi connectivity index (χ4n) is 1.24. The zero-order valence-corrected chi connectivity index (χ0v) is 11.1. The van der Waals surface area contributed by atoms with E-state index in [9.17, 15) is 0 Å². The summed E-state index contributed by atoms with van der Waals surface area (Å²) in [6, 6.07) is 6.22. The van der Waals surface area contributed by atoms with E-state index >= 15 is 0 Å². The number of alkyl halides is 1. The number of hydrogen-bond acceptors (Lipinski definition) is 1. The molecule has 14 heavy (non-hydrogen) atoms. The predicted octanol–water partition coefficient (Wildman–Crippen LogP) is 3.86. The number of benzene rings is 1. The van der Waals surface area contributed by atoms with Crippen molar-refractivity contribution in [2.45, 2.75) is 19.8 Å². The summed E-state index contributed by atoms with van der Waals surface area (Å²) in [6.45, 7) is 2.71. The highest BCUT2D eigenvalue weighted by atomic mass is 127. The van der Waals surface area contributed by atoms with Crippen molar-refractivity contribution in [2.24, 2.45) is 0 Å². The molecule has 1 aromatic rings. The van der Waals surface area contributed by atoms with Gasteiger partial charge in [0, 0.05) is 9.45 Å². The Labute approximate surface area is 104 Å². The average molecular weight is 325 g/mol. The first kappa shape index (κ1) is 12.1. The van der Waals surface area contributed by atoms with Gasteiger partial charge in [-0.15, -0.1) is 11.6 Å². The standard InChI is InChI=1S/C11H14ClIO/c1-2-14-10-6-5-9(4-3-7-12)11(13)8-10/h5-6,8H,2-4,7H2,1H3. The Hall–Kier alpha value is 0.0400. The van der Waals surface area contributed by atoms with Gasteiger partial charge < -0.3 is 4.74 Å². The van der Waals surface area contributed by atoms with Gasteiger partial charge in [0.25, 0.3) is 0 Å². The Balaban J connectivity index is 2.68. The second kappa shape index (κ2) is 6.51. The fraction of sp³-hybridized carbons (Fsp3) is 0.455. The number of ether oxygens (including phenoxy) is 1. The van der Waals surface area contributed by atoms with E-state index in [0.29, 0.717) is 0 Å². The zero-order chi connectivity index (χ0) is 10.4. The molecule has 1 nitrogen and oxygen atoms in total. The van der Waals surface area contributed by atoms with Crippen LogP contribution in [0, 0.1) is 3.57 Å². The Morgan fingerprint density at radius 3 is 2.79 bits per heavy atom. The molecule has 0 amide bonds. The molecule has 0 heterocycles. The maximum atomic E-state index is 5.66. The van der Waals surface area contributed by atoms with Crippen molar-refractivity contribution in [3.05, 3.63) is 27.3 Å². The lowest BCUT2D eigenvalue weighted by Crippen LogP contribution is -1.95. The number of rotatable bonds is 5. The molecule has 0 atom stereocenters. The van der Waals surface area contributed by atoms with Crippen LogP contribution in [0.3, 0.4) is 0 Å². The highest BCUT2D eigenvalue weighted by Crippen LogP contribution is 2.21. The van der Waals surface area contributed by atoms with E-state index in [4.69, 9.17) is 16.3 Å².